The third kappa shape index (κ3) is 11.6. The molecule has 31 heavy (non-hydrogen) atoms. The van der Waals surface area contributed by atoms with Crippen molar-refractivity contribution in [2.24, 2.45) is 10.9 Å². The Balaban J connectivity index is 0.00000480. The van der Waals surface area contributed by atoms with E-state index in [0.717, 1.165) is 84.1 Å². The molecule has 2 unspecified atom stereocenters. The van der Waals surface area contributed by atoms with Crippen LogP contribution in [0.3, 0.4) is 0 Å². The average Bonchev–Trinajstić information content (AvgIpc) is 3.21. The zero-order valence-corrected chi connectivity index (χ0v) is 22.1. The number of aliphatic imine (C=N–C) groups is 1. The van der Waals surface area contributed by atoms with E-state index in [2.05, 4.69) is 17.6 Å². The minimum atomic E-state index is -0.480. The van der Waals surface area contributed by atoms with Crippen LogP contribution in [0.4, 0.5) is 4.79 Å². The molecule has 0 aromatic heterocycles. The number of halogens is 1. The van der Waals surface area contributed by atoms with Gasteiger partial charge in [-0.1, -0.05) is 0 Å². The Morgan fingerprint density at radius 3 is 2.71 bits per heavy atom. The van der Waals surface area contributed by atoms with Crippen LogP contribution < -0.4 is 10.6 Å². The molecule has 0 aromatic rings. The molecule has 2 aliphatic rings. The minimum Gasteiger partial charge on any atom is -0.444 e. The van der Waals surface area contributed by atoms with E-state index in [1.54, 1.807) is 0 Å². The van der Waals surface area contributed by atoms with Crippen molar-refractivity contribution < 1.29 is 19.0 Å². The number of hydrogen-bond acceptors (Lipinski definition) is 5. The summed E-state index contributed by atoms with van der Waals surface area (Å²) in [5.74, 6) is 1.34. The number of piperidine rings is 1. The summed E-state index contributed by atoms with van der Waals surface area (Å²) >= 11 is 0. The number of rotatable bonds is 9. The molecular weight excluding hydrogens is 511 g/mol. The van der Waals surface area contributed by atoms with Gasteiger partial charge in [-0.15, -0.1) is 24.0 Å². The minimum absolute atomic E-state index is 0. The molecule has 2 heterocycles. The highest BCUT2D eigenvalue weighted by Gasteiger charge is 2.30. The third-order valence-electron chi connectivity index (χ3n) is 5.19. The van der Waals surface area contributed by atoms with Crippen molar-refractivity contribution in [3.05, 3.63) is 0 Å². The van der Waals surface area contributed by atoms with Crippen molar-refractivity contribution in [2.75, 3.05) is 52.6 Å². The zero-order valence-electron chi connectivity index (χ0n) is 19.8. The first-order valence-electron chi connectivity index (χ1n) is 11.6. The van der Waals surface area contributed by atoms with Crippen LogP contribution >= 0.6 is 24.0 Å². The maximum absolute atomic E-state index is 12.6. The Bertz CT molecular complexity index is 536. The highest BCUT2D eigenvalue weighted by atomic mass is 127. The summed E-state index contributed by atoms with van der Waals surface area (Å²) in [6.45, 7) is 13.9. The van der Waals surface area contributed by atoms with Gasteiger partial charge >= 0.3 is 6.09 Å². The molecule has 8 nitrogen and oxygen atoms in total. The van der Waals surface area contributed by atoms with E-state index in [-0.39, 0.29) is 36.1 Å². The maximum atomic E-state index is 12.6. The lowest BCUT2D eigenvalue weighted by atomic mass is 10.0. The van der Waals surface area contributed by atoms with Gasteiger partial charge in [0, 0.05) is 38.8 Å². The second-order valence-corrected chi connectivity index (χ2v) is 9.13. The number of guanidine groups is 1. The molecule has 2 saturated heterocycles. The molecule has 2 rings (SSSR count). The van der Waals surface area contributed by atoms with E-state index in [4.69, 9.17) is 19.2 Å². The Kier molecular flexibility index (Phi) is 13.8. The fourth-order valence-corrected chi connectivity index (χ4v) is 3.64. The van der Waals surface area contributed by atoms with Gasteiger partial charge in [0.25, 0.3) is 0 Å². The number of nitrogens with one attached hydrogen (secondary N) is 2. The lowest BCUT2D eigenvalue weighted by Crippen LogP contribution is -2.48. The van der Waals surface area contributed by atoms with Crippen LogP contribution in [-0.4, -0.2) is 81.2 Å². The van der Waals surface area contributed by atoms with E-state index >= 15 is 0 Å². The summed E-state index contributed by atoms with van der Waals surface area (Å²) in [7, 11) is 0. The Morgan fingerprint density at radius 1 is 1.23 bits per heavy atom. The number of nitrogens with zero attached hydrogens (tertiary/aromatic N) is 2. The first kappa shape index (κ1) is 28.2. The standard InChI is InChI=1S/C22H42N4O4.HI/c1-5-23-20(24-11-8-13-28-16-18-10-14-29-17-18)25-15-19-9-6-7-12-26(19)21(27)30-22(2,3)4;/h18-19H,5-17H2,1-4H3,(H2,23,24,25);1H. The SMILES string of the molecule is CCNC(=NCC1CCCCN1C(=O)OC(C)(C)C)NCCCOCC1CCOC1.I. The third-order valence-corrected chi connectivity index (χ3v) is 5.19. The van der Waals surface area contributed by atoms with Gasteiger partial charge < -0.3 is 29.7 Å². The number of hydrogen-bond donors (Lipinski definition) is 2. The summed E-state index contributed by atoms with van der Waals surface area (Å²) in [6.07, 6.45) is 4.89. The lowest BCUT2D eigenvalue weighted by molar-refractivity contribution is 0.0109. The van der Waals surface area contributed by atoms with E-state index < -0.39 is 5.60 Å². The lowest BCUT2D eigenvalue weighted by Gasteiger charge is -2.36. The summed E-state index contributed by atoms with van der Waals surface area (Å²) < 4.78 is 16.7. The summed E-state index contributed by atoms with van der Waals surface area (Å²) in [6, 6.07) is 0.0843. The zero-order chi connectivity index (χ0) is 21.8. The second-order valence-electron chi connectivity index (χ2n) is 9.13. The van der Waals surface area contributed by atoms with Gasteiger partial charge in [-0.2, -0.15) is 0 Å². The largest absolute Gasteiger partial charge is 0.444 e. The molecule has 2 atom stereocenters. The molecule has 0 aromatic carbocycles. The topological polar surface area (TPSA) is 84.4 Å². The molecule has 0 spiro atoms. The van der Waals surface area contributed by atoms with Crippen molar-refractivity contribution in [2.45, 2.75) is 71.4 Å². The summed E-state index contributed by atoms with van der Waals surface area (Å²) in [4.78, 5) is 19.1. The first-order valence-corrected chi connectivity index (χ1v) is 11.6. The van der Waals surface area contributed by atoms with Gasteiger partial charge in [0.2, 0.25) is 0 Å². The molecule has 0 aliphatic carbocycles. The normalized spacial score (nSPS) is 22.1. The Labute approximate surface area is 205 Å². The van der Waals surface area contributed by atoms with Gasteiger partial charge in [0.05, 0.1) is 25.8 Å². The fourth-order valence-electron chi connectivity index (χ4n) is 3.64. The van der Waals surface area contributed by atoms with Crippen LogP contribution in [0, 0.1) is 5.92 Å². The van der Waals surface area contributed by atoms with Gasteiger partial charge in [-0.3, -0.25) is 4.99 Å². The molecule has 0 saturated carbocycles. The van der Waals surface area contributed by atoms with Crippen molar-refractivity contribution in [1.29, 1.82) is 0 Å². The van der Waals surface area contributed by atoms with Crippen molar-refractivity contribution in [3.63, 3.8) is 0 Å². The molecule has 2 N–H and O–H groups in total. The van der Waals surface area contributed by atoms with Crippen LogP contribution in [-0.2, 0) is 14.2 Å². The summed E-state index contributed by atoms with van der Waals surface area (Å²) in [5.41, 5.74) is -0.480. The number of likely N-dealkylation sites (tertiary alicyclic amines) is 1. The Hall–Kier alpha value is -0.810. The highest BCUT2D eigenvalue weighted by Crippen LogP contribution is 2.20. The van der Waals surface area contributed by atoms with Crippen LogP contribution in [0.15, 0.2) is 4.99 Å². The van der Waals surface area contributed by atoms with Gasteiger partial charge in [-0.05, 0) is 59.8 Å². The molecule has 2 fully saturated rings. The van der Waals surface area contributed by atoms with Gasteiger partial charge in [0.15, 0.2) is 5.96 Å². The van der Waals surface area contributed by atoms with Crippen molar-refractivity contribution >= 4 is 36.0 Å². The smallest absolute Gasteiger partial charge is 0.410 e. The summed E-state index contributed by atoms with van der Waals surface area (Å²) in [5, 5.41) is 6.66. The average molecular weight is 555 g/mol. The number of ether oxygens (including phenoxy) is 3. The van der Waals surface area contributed by atoms with E-state index in [0.29, 0.717) is 12.5 Å². The maximum Gasteiger partial charge on any atom is 0.410 e. The van der Waals surface area contributed by atoms with E-state index in [9.17, 15) is 4.79 Å². The molecule has 0 bridgehead atoms. The van der Waals surface area contributed by atoms with E-state index in [1.165, 1.54) is 0 Å². The van der Waals surface area contributed by atoms with Crippen LogP contribution in [0.25, 0.3) is 0 Å². The highest BCUT2D eigenvalue weighted by molar-refractivity contribution is 14.0. The quantitative estimate of drug-likeness (QED) is 0.197. The van der Waals surface area contributed by atoms with Crippen LogP contribution in [0.2, 0.25) is 0 Å². The van der Waals surface area contributed by atoms with E-state index in [1.807, 2.05) is 25.7 Å². The number of amides is 1. The fraction of sp³-hybridized carbons (Fsp3) is 0.909. The molecule has 1 amide bonds. The Morgan fingerprint density at radius 2 is 2.03 bits per heavy atom. The first-order chi connectivity index (χ1) is 14.4. The monoisotopic (exact) mass is 554 g/mol. The number of carbonyl (C=O) groups excluding carboxylic acids is 1. The molecule has 0 radical (unpaired) electrons. The second kappa shape index (κ2) is 15.1. The van der Waals surface area contributed by atoms with Crippen LogP contribution in [0.1, 0.15) is 59.8 Å². The molecule has 2 aliphatic heterocycles. The van der Waals surface area contributed by atoms with Crippen LogP contribution in [0.5, 0.6) is 0 Å². The van der Waals surface area contributed by atoms with Crippen molar-refractivity contribution in [1.82, 2.24) is 15.5 Å². The predicted molar refractivity (Wildman–Crippen MR) is 134 cm³/mol. The van der Waals surface area contributed by atoms with Gasteiger partial charge in [0.1, 0.15) is 5.60 Å². The molecular formula is C22H43IN4O4. The van der Waals surface area contributed by atoms with Crippen molar-refractivity contribution in [3.8, 4) is 0 Å². The molecule has 182 valence electrons. The predicted octanol–water partition coefficient (Wildman–Crippen LogP) is 3.39. The van der Waals surface area contributed by atoms with Gasteiger partial charge in [-0.25, -0.2) is 4.79 Å². The number of carbonyl (C=O) groups is 1. The molecule has 9 heteroatoms.